The van der Waals surface area contributed by atoms with Gasteiger partial charge in [0.1, 0.15) is 18.0 Å². The summed E-state index contributed by atoms with van der Waals surface area (Å²) in [7, 11) is 0. The molecule has 4 aromatic carbocycles. The van der Waals surface area contributed by atoms with Crippen LogP contribution < -0.4 is 10.3 Å². The van der Waals surface area contributed by atoms with Crippen LogP contribution in [0.25, 0.3) is 33.5 Å². The van der Waals surface area contributed by atoms with Crippen LogP contribution >= 0.6 is 27.5 Å². The van der Waals surface area contributed by atoms with E-state index in [1.165, 1.54) is 30.5 Å². The van der Waals surface area contributed by atoms with Crippen LogP contribution in [0.15, 0.2) is 104 Å². The Hall–Kier alpha value is -4.87. The highest BCUT2D eigenvalue weighted by Crippen LogP contribution is 2.35. The van der Waals surface area contributed by atoms with Gasteiger partial charge in [0.15, 0.2) is 5.76 Å². The Labute approximate surface area is 249 Å². The van der Waals surface area contributed by atoms with Crippen molar-refractivity contribution < 1.29 is 18.5 Å². The summed E-state index contributed by atoms with van der Waals surface area (Å²) in [5.74, 6) is -0.349. The first-order chi connectivity index (χ1) is 20.3. The van der Waals surface area contributed by atoms with Gasteiger partial charge in [0, 0.05) is 32.1 Å². The largest absolute Gasteiger partial charge is 0.481 e. The van der Waals surface area contributed by atoms with Crippen molar-refractivity contribution in [3.63, 3.8) is 0 Å². The Morgan fingerprint density at radius 1 is 1.10 bits per heavy atom. The number of rotatable bonds is 7. The summed E-state index contributed by atoms with van der Waals surface area (Å²) in [6, 6.07) is 22.4. The molecule has 0 bridgehead atoms. The Morgan fingerprint density at radius 3 is 2.69 bits per heavy atom. The third-order valence-corrected chi connectivity index (χ3v) is 7.07. The molecule has 0 atom stereocenters. The summed E-state index contributed by atoms with van der Waals surface area (Å²) < 4.78 is 27.9. The Bertz CT molecular complexity index is 2110. The summed E-state index contributed by atoms with van der Waals surface area (Å²) in [6.07, 6.45) is 1.20. The molecule has 42 heavy (non-hydrogen) atoms. The number of hydrogen-bond donors (Lipinski definition) is 0. The van der Waals surface area contributed by atoms with Crippen molar-refractivity contribution in [2.75, 3.05) is 0 Å². The minimum atomic E-state index is -0.665. The van der Waals surface area contributed by atoms with Gasteiger partial charge < -0.3 is 9.15 Å². The smallest absolute Gasteiger partial charge is 0.313 e. The quantitative estimate of drug-likeness (QED) is 0.0996. The standard InChI is InChI=1S/C30H17BrClFN4O5/c31-20-9-10-26-18(11-20)13-27(42-26)29-35-24-8-4-2-6-22(24)30(38)36(29)34-15-19-12-21(32)14-25(37(39)40)28(19)41-16-17-5-1-3-7-23(17)33/h1-15H,16H2. The summed E-state index contributed by atoms with van der Waals surface area (Å²) in [5.41, 5.74) is 0.327. The first-order valence-electron chi connectivity index (χ1n) is 12.4. The molecule has 9 nitrogen and oxygen atoms in total. The zero-order valence-electron chi connectivity index (χ0n) is 21.3. The Morgan fingerprint density at radius 2 is 1.88 bits per heavy atom. The van der Waals surface area contributed by atoms with Gasteiger partial charge in [-0.3, -0.25) is 14.9 Å². The number of para-hydroxylation sites is 1. The number of ether oxygens (including phenoxy) is 1. The van der Waals surface area contributed by atoms with Gasteiger partial charge in [-0.05, 0) is 48.5 Å². The Kier molecular flexibility index (Phi) is 7.27. The first kappa shape index (κ1) is 27.3. The van der Waals surface area contributed by atoms with E-state index in [0.717, 1.165) is 20.6 Å². The van der Waals surface area contributed by atoms with Crippen LogP contribution in [-0.2, 0) is 6.61 Å². The molecule has 0 saturated carbocycles. The van der Waals surface area contributed by atoms with Crippen molar-refractivity contribution in [2.45, 2.75) is 6.61 Å². The highest BCUT2D eigenvalue weighted by Gasteiger charge is 2.22. The van der Waals surface area contributed by atoms with Gasteiger partial charge in [-0.25, -0.2) is 9.37 Å². The number of aromatic nitrogens is 2. The molecule has 0 radical (unpaired) electrons. The second-order valence-electron chi connectivity index (χ2n) is 9.09. The fraction of sp³-hybridized carbons (Fsp3) is 0.0333. The molecule has 0 N–H and O–H groups in total. The predicted molar refractivity (Wildman–Crippen MR) is 161 cm³/mol. The van der Waals surface area contributed by atoms with Gasteiger partial charge in [-0.1, -0.05) is 57.9 Å². The third kappa shape index (κ3) is 5.27. The molecule has 0 unspecified atom stereocenters. The number of halogens is 3. The fourth-order valence-corrected chi connectivity index (χ4v) is 4.99. The number of furan rings is 1. The first-order valence-corrected chi connectivity index (χ1v) is 13.6. The maximum Gasteiger partial charge on any atom is 0.313 e. The summed E-state index contributed by atoms with van der Waals surface area (Å²) in [6.45, 7) is -0.298. The van der Waals surface area contributed by atoms with Crippen LogP contribution in [0.1, 0.15) is 11.1 Å². The normalized spacial score (nSPS) is 11.5. The summed E-state index contributed by atoms with van der Waals surface area (Å²) >= 11 is 9.64. The molecule has 0 aliphatic carbocycles. The lowest BCUT2D eigenvalue weighted by atomic mass is 10.1. The lowest BCUT2D eigenvalue weighted by Gasteiger charge is -2.11. The highest BCUT2D eigenvalue weighted by molar-refractivity contribution is 9.10. The van der Waals surface area contributed by atoms with E-state index < -0.39 is 22.0 Å². The number of fused-ring (bicyclic) bond motifs is 2. The predicted octanol–water partition coefficient (Wildman–Crippen LogP) is 7.73. The minimum absolute atomic E-state index is 0.0356. The van der Waals surface area contributed by atoms with E-state index in [1.807, 2.05) is 12.1 Å². The van der Waals surface area contributed by atoms with Gasteiger partial charge in [0.25, 0.3) is 5.56 Å². The molecule has 0 fully saturated rings. The molecule has 208 valence electrons. The SMILES string of the molecule is O=c1c2ccccc2nc(-c2cc3cc(Br)ccc3o2)n1N=Cc1cc(Cl)cc([N+](=O)[O-])c1OCc1ccccc1F. The molecule has 6 aromatic rings. The topological polar surface area (TPSA) is 113 Å². The van der Waals surface area contributed by atoms with Gasteiger partial charge in [0.2, 0.25) is 11.6 Å². The lowest BCUT2D eigenvalue weighted by molar-refractivity contribution is -0.385. The van der Waals surface area contributed by atoms with Crippen molar-refractivity contribution in [2.24, 2.45) is 5.10 Å². The Balaban J connectivity index is 1.50. The highest BCUT2D eigenvalue weighted by atomic mass is 79.9. The molecular weight excluding hydrogens is 631 g/mol. The number of nitro benzene ring substituents is 1. The van der Waals surface area contributed by atoms with Crippen LogP contribution in [-0.4, -0.2) is 20.8 Å². The average molecular weight is 648 g/mol. The number of nitrogens with zero attached hydrogens (tertiary/aromatic N) is 4. The van der Waals surface area contributed by atoms with Gasteiger partial charge in [0.05, 0.1) is 22.0 Å². The monoisotopic (exact) mass is 646 g/mol. The summed E-state index contributed by atoms with van der Waals surface area (Å²) in [4.78, 5) is 29.5. The van der Waals surface area contributed by atoms with Crippen LogP contribution in [0, 0.1) is 15.9 Å². The van der Waals surface area contributed by atoms with Gasteiger partial charge >= 0.3 is 5.69 Å². The molecule has 0 amide bonds. The average Bonchev–Trinajstić information content (AvgIpc) is 3.39. The zero-order valence-corrected chi connectivity index (χ0v) is 23.7. The van der Waals surface area contributed by atoms with E-state index in [-0.39, 0.29) is 40.1 Å². The molecule has 2 aromatic heterocycles. The van der Waals surface area contributed by atoms with Gasteiger partial charge in [-0.15, -0.1) is 0 Å². The second-order valence-corrected chi connectivity index (χ2v) is 10.4. The molecular formula is C30H17BrClFN4O5. The van der Waals surface area contributed by atoms with Crippen LogP contribution in [0.4, 0.5) is 10.1 Å². The van der Waals surface area contributed by atoms with E-state index in [9.17, 15) is 19.3 Å². The zero-order chi connectivity index (χ0) is 29.4. The van der Waals surface area contributed by atoms with Crippen molar-refractivity contribution in [1.29, 1.82) is 0 Å². The van der Waals surface area contributed by atoms with E-state index in [2.05, 4.69) is 26.0 Å². The van der Waals surface area contributed by atoms with Crippen LogP contribution in [0.3, 0.4) is 0 Å². The van der Waals surface area contributed by atoms with E-state index in [4.69, 9.17) is 20.8 Å². The molecule has 0 aliphatic heterocycles. The number of nitro groups is 1. The van der Waals surface area contributed by atoms with Crippen molar-refractivity contribution in [3.8, 4) is 17.3 Å². The lowest BCUT2D eigenvalue weighted by Crippen LogP contribution is -2.20. The van der Waals surface area contributed by atoms with Crippen LogP contribution in [0.2, 0.25) is 5.02 Å². The molecule has 12 heteroatoms. The van der Waals surface area contributed by atoms with Crippen molar-refractivity contribution in [1.82, 2.24) is 9.66 Å². The van der Waals surface area contributed by atoms with Crippen LogP contribution in [0.5, 0.6) is 5.75 Å². The van der Waals surface area contributed by atoms with Gasteiger partial charge in [-0.2, -0.15) is 9.78 Å². The van der Waals surface area contributed by atoms with E-state index >= 15 is 0 Å². The van der Waals surface area contributed by atoms with E-state index in [1.54, 1.807) is 42.5 Å². The number of hydrogen-bond acceptors (Lipinski definition) is 7. The molecule has 2 heterocycles. The van der Waals surface area contributed by atoms with Crippen molar-refractivity contribution in [3.05, 3.63) is 132 Å². The summed E-state index contributed by atoms with van der Waals surface area (Å²) in [5, 5.41) is 17.4. The number of benzene rings is 4. The molecule has 6 rings (SSSR count). The molecule has 0 aliphatic rings. The second kappa shape index (κ2) is 11.2. The molecule has 0 saturated heterocycles. The fourth-order valence-electron chi connectivity index (χ4n) is 4.39. The maximum atomic E-state index is 14.2. The third-order valence-electron chi connectivity index (χ3n) is 6.35. The molecule has 0 spiro atoms. The minimum Gasteiger partial charge on any atom is -0.481 e. The van der Waals surface area contributed by atoms with E-state index in [0.29, 0.717) is 16.5 Å². The maximum absolute atomic E-state index is 14.2. The van der Waals surface area contributed by atoms with Crippen molar-refractivity contribution >= 4 is 61.3 Å².